The predicted octanol–water partition coefficient (Wildman–Crippen LogP) is 2.17. The number of carbonyl (C=O) groups is 3. The van der Waals surface area contributed by atoms with Crippen molar-refractivity contribution in [2.45, 2.75) is 32.7 Å². The van der Waals surface area contributed by atoms with Crippen molar-refractivity contribution in [3.05, 3.63) is 28.8 Å². The molecule has 1 aromatic carbocycles. The van der Waals surface area contributed by atoms with Gasteiger partial charge in [-0.15, -0.1) is 0 Å². The molecule has 5 nitrogen and oxygen atoms in total. The van der Waals surface area contributed by atoms with Crippen LogP contribution in [0.4, 0.5) is 5.69 Å². The van der Waals surface area contributed by atoms with Crippen molar-refractivity contribution in [2.24, 2.45) is 0 Å². The maximum atomic E-state index is 12.0. The molecule has 1 aromatic rings. The van der Waals surface area contributed by atoms with Crippen molar-refractivity contribution >= 4 is 34.9 Å². The molecule has 0 atom stereocenters. The molecule has 0 saturated heterocycles. The summed E-state index contributed by atoms with van der Waals surface area (Å²) in [6, 6.07) is 4.90. The zero-order valence-electron chi connectivity index (χ0n) is 12.0. The number of amides is 2. The summed E-state index contributed by atoms with van der Waals surface area (Å²) >= 11 is 5.96. The third-order valence-electron chi connectivity index (χ3n) is 3.60. The van der Waals surface area contributed by atoms with Crippen LogP contribution in [-0.2, 0) is 9.59 Å². The van der Waals surface area contributed by atoms with Crippen molar-refractivity contribution in [3.8, 4) is 0 Å². The number of benzene rings is 1. The largest absolute Gasteiger partial charge is 0.352 e. The first-order chi connectivity index (χ1) is 9.99. The van der Waals surface area contributed by atoms with E-state index in [1.807, 2.05) is 13.8 Å². The first-order valence-electron chi connectivity index (χ1n) is 6.93. The topological polar surface area (TPSA) is 66.5 Å². The van der Waals surface area contributed by atoms with Gasteiger partial charge in [-0.25, -0.2) is 0 Å². The van der Waals surface area contributed by atoms with Crippen LogP contribution in [0.2, 0.25) is 5.02 Å². The van der Waals surface area contributed by atoms with Gasteiger partial charge in [0.15, 0.2) is 0 Å². The number of halogens is 1. The molecule has 1 N–H and O–H groups in total. The number of fused-ring (bicyclic) bond motifs is 1. The summed E-state index contributed by atoms with van der Waals surface area (Å²) in [5.41, 5.74) is 0.580. The van der Waals surface area contributed by atoms with Crippen LogP contribution >= 0.6 is 11.6 Å². The van der Waals surface area contributed by atoms with Gasteiger partial charge in [-0.3, -0.25) is 19.3 Å². The van der Waals surface area contributed by atoms with E-state index in [2.05, 4.69) is 5.32 Å². The molecule has 6 heteroatoms. The lowest BCUT2D eigenvalue weighted by molar-refractivity contribution is -0.122. The number of Topliss-reactive ketones (excluding diaryl/α,β-unsaturated/α-hetero) is 1. The highest BCUT2D eigenvalue weighted by Gasteiger charge is 2.38. The Hall–Kier alpha value is -1.88. The number of nitrogens with zero attached hydrogens (tertiary/aromatic N) is 1. The van der Waals surface area contributed by atoms with E-state index >= 15 is 0 Å². The monoisotopic (exact) mass is 308 g/mol. The van der Waals surface area contributed by atoms with Gasteiger partial charge >= 0.3 is 0 Å². The molecule has 0 unspecified atom stereocenters. The number of hydrogen-bond donors (Lipinski definition) is 1. The molecule has 112 valence electrons. The van der Waals surface area contributed by atoms with Crippen LogP contribution in [0.3, 0.4) is 0 Å². The molecule has 1 heterocycles. The Kier molecular flexibility index (Phi) is 4.63. The van der Waals surface area contributed by atoms with E-state index in [0.717, 1.165) is 12.8 Å². The van der Waals surface area contributed by atoms with E-state index in [1.165, 1.54) is 4.90 Å². The fraction of sp³-hybridized carbons (Fsp3) is 0.400. The van der Waals surface area contributed by atoms with Gasteiger partial charge in [-0.2, -0.15) is 0 Å². The summed E-state index contributed by atoms with van der Waals surface area (Å²) < 4.78 is 0. The Balaban J connectivity index is 2.19. The standard InChI is InChI=1S/C15H17ClN2O3/c1-3-9(4-2)17-12(19)8-18-11-7-5-6-10(16)13(11)14(20)15(18)21/h5-7,9H,3-4,8H2,1-2H3,(H,17,19). The Morgan fingerprint density at radius 2 is 1.95 bits per heavy atom. The molecule has 0 saturated carbocycles. The van der Waals surface area contributed by atoms with E-state index in [4.69, 9.17) is 11.6 Å². The minimum Gasteiger partial charge on any atom is -0.352 e. The zero-order chi connectivity index (χ0) is 15.6. The lowest BCUT2D eigenvalue weighted by atomic mass is 10.1. The summed E-state index contributed by atoms with van der Waals surface area (Å²) in [4.78, 5) is 37.2. The Labute approximate surface area is 128 Å². The quantitative estimate of drug-likeness (QED) is 0.848. The molecular weight excluding hydrogens is 292 g/mol. The van der Waals surface area contributed by atoms with Crippen molar-refractivity contribution < 1.29 is 14.4 Å². The molecule has 2 amide bonds. The third kappa shape index (κ3) is 2.93. The average molecular weight is 309 g/mol. The van der Waals surface area contributed by atoms with Crippen LogP contribution in [0.25, 0.3) is 0 Å². The number of rotatable bonds is 5. The van der Waals surface area contributed by atoms with Crippen LogP contribution in [-0.4, -0.2) is 30.2 Å². The van der Waals surface area contributed by atoms with Crippen LogP contribution in [0.1, 0.15) is 37.0 Å². The van der Waals surface area contributed by atoms with Gasteiger partial charge < -0.3 is 5.32 Å². The smallest absolute Gasteiger partial charge is 0.300 e. The highest BCUT2D eigenvalue weighted by atomic mass is 35.5. The summed E-state index contributed by atoms with van der Waals surface area (Å²) in [7, 11) is 0. The molecule has 0 aliphatic carbocycles. The van der Waals surface area contributed by atoms with Gasteiger partial charge in [0.05, 0.1) is 16.3 Å². The second-order valence-electron chi connectivity index (χ2n) is 4.94. The number of ketones is 1. The summed E-state index contributed by atoms with van der Waals surface area (Å²) in [6.07, 6.45) is 1.63. The van der Waals surface area contributed by atoms with Gasteiger partial charge in [0.1, 0.15) is 6.54 Å². The molecule has 2 rings (SSSR count). The molecule has 0 fully saturated rings. The first kappa shape index (κ1) is 15.5. The maximum Gasteiger partial charge on any atom is 0.300 e. The van der Waals surface area contributed by atoms with Gasteiger partial charge in [0.25, 0.3) is 11.7 Å². The van der Waals surface area contributed by atoms with E-state index in [0.29, 0.717) is 5.69 Å². The molecule has 1 aliphatic rings. The second kappa shape index (κ2) is 6.26. The number of nitrogens with one attached hydrogen (secondary N) is 1. The predicted molar refractivity (Wildman–Crippen MR) is 80.6 cm³/mol. The summed E-state index contributed by atoms with van der Waals surface area (Å²) in [6.45, 7) is 3.79. The average Bonchev–Trinajstić information content (AvgIpc) is 2.71. The fourth-order valence-electron chi connectivity index (χ4n) is 2.37. The van der Waals surface area contributed by atoms with E-state index in [1.54, 1.807) is 18.2 Å². The van der Waals surface area contributed by atoms with E-state index in [-0.39, 0.29) is 29.1 Å². The molecule has 0 spiro atoms. The van der Waals surface area contributed by atoms with Gasteiger partial charge in [-0.1, -0.05) is 31.5 Å². The molecule has 21 heavy (non-hydrogen) atoms. The summed E-state index contributed by atoms with van der Waals surface area (Å²) in [5.74, 6) is -1.65. The minimum absolute atomic E-state index is 0.0738. The Morgan fingerprint density at radius 1 is 1.29 bits per heavy atom. The normalized spacial score (nSPS) is 13.8. The maximum absolute atomic E-state index is 12.0. The van der Waals surface area contributed by atoms with Gasteiger partial charge in [0, 0.05) is 6.04 Å². The molecular formula is C15H17ClN2O3. The van der Waals surface area contributed by atoms with Crippen molar-refractivity contribution in [2.75, 3.05) is 11.4 Å². The van der Waals surface area contributed by atoms with Crippen molar-refractivity contribution in [3.63, 3.8) is 0 Å². The number of hydrogen-bond acceptors (Lipinski definition) is 3. The molecule has 0 radical (unpaired) electrons. The molecule has 1 aliphatic heterocycles. The van der Waals surface area contributed by atoms with E-state index < -0.39 is 11.7 Å². The van der Waals surface area contributed by atoms with E-state index in [9.17, 15) is 14.4 Å². The molecule has 0 bridgehead atoms. The fourth-order valence-corrected chi connectivity index (χ4v) is 2.62. The number of anilines is 1. The van der Waals surface area contributed by atoms with Gasteiger partial charge in [0.2, 0.25) is 5.91 Å². The lowest BCUT2D eigenvalue weighted by Crippen LogP contribution is -2.43. The van der Waals surface area contributed by atoms with Crippen molar-refractivity contribution in [1.29, 1.82) is 0 Å². The summed E-state index contributed by atoms with van der Waals surface area (Å²) in [5, 5.41) is 3.08. The third-order valence-corrected chi connectivity index (χ3v) is 3.92. The lowest BCUT2D eigenvalue weighted by Gasteiger charge is -2.19. The SMILES string of the molecule is CCC(CC)NC(=O)CN1C(=O)C(=O)c2c(Cl)cccc21. The van der Waals surface area contributed by atoms with Gasteiger partial charge in [-0.05, 0) is 25.0 Å². The van der Waals surface area contributed by atoms with Crippen molar-refractivity contribution in [1.82, 2.24) is 5.32 Å². The van der Waals surface area contributed by atoms with Crippen LogP contribution in [0, 0.1) is 0 Å². The van der Waals surface area contributed by atoms with Crippen LogP contribution in [0.5, 0.6) is 0 Å². The zero-order valence-corrected chi connectivity index (χ0v) is 12.7. The second-order valence-corrected chi connectivity index (χ2v) is 5.34. The first-order valence-corrected chi connectivity index (χ1v) is 7.31. The molecule has 0 aromatic heterocycles. The van der Waals surface area contributed by atoms with Crippen LogP contribution < -0.4 is 10.2 Å². The highest BCUT2D eigenvalue weighted by molar-refractivity contribution is 6.55. The Morgan fingerprint density at radius 3 is 2.57 bits per heavy atom. The highest BCUT2D eigenvalue weighted by Crippen LogP contribution is 2.33. The Bertz CT molecular complexity index is 597. The van der Waals surface area contributed by atoms with Crippen LogP contribution in [0.15, 0.2) is 18.2 Å². The minimum atomic E-state index is -0.710. The number of carbonyl (C=O) groups excluding carboxylic acids is 3.